The summed E-state index contributed by atoms with van der Waals surface area (Å²) in [4.78, 5) is 0. The Morgan fingerprint density at radius 1 is 1.33 bits per heavy atom. The van der Waals surface area contributed by atoms with Gasteiger partial charge in [0, 0.05) is 0 Å². The molecule has 0 unspecified atom stereocenters. The highest BCUT2D eigenvalue weighted by atomic mass is 13.9. The van der Waals surface area contributed by atoms with E-state index in [4.69, 9.17) is 6.42 Å². The second-order valence-electron chi connectivity index (χ2n) is 2.90. The first-order chi connectivity index (χ1) is 5.75. The van der Waals surface area contributed by atoms with Crippen molar-refractivity contribution in [2.24, 2.45) is 0 Å². The van der Waals surface area contributed by atoms with Gasteiger partial charge in [0.05, 0.1) is 0 Å². The number of benzene rings is 1. The summed E-state index contributed by atoms with van der Waals surface area (Å²) < 4.78 is 0. The van der Waals surface area contributed by atoms with Gasteiger partial charge in [0.2, 0.25) is 0 Å². The molecule has 1 rings (SSSR count). The molecule has 1 aromatic carbocycles. The summed E-state index contributed by atoms with van der Waals surface area (Å²) in [6.07, 6.45) is 7.01. The third kappa shape index (κ3) is 1.77. The van der Waals surface area contributed by atoms with Crippen LogP contribution in [0.1, 0.15) is 13.8 Å². The first kappa shape index (κ1) is 8.62. The van der Waals surface area contributed by atoms with Gasteiger partial charge >= 0.3 is 0 Å². The van der Waals surface area contributed by atoms with E-state index in [2.05, 4.69) is 25.8 Å². The van der Waals surface area contributed by atoms with Crippen LogP contribution in [0, 0.1) is 12.3 Å². The van der Waals surface area contributed by atoms with Gasteiger partial charge in [-0.2, -0.15) is 0 Å². The zero-order chi connectivity index (χ0) is 8.97. The van der Waals surface area contributed by atoms with Crippen LogP contribution in [0.5, 0.6) is 0 Å². The van der Waals surface area contributed by atoms with Crippen LogP contribution >= 0.6 is 0 Å². The Balaban J connectivity index is 3.64. The summed E-state index contributed by atoms with van der Waals surface area (Å²) in [5.74, 6) is 2.54. The van der Waals surface area contributed by atoms with Crippen molar-refractivity contribution < 1.29 is 0 Å². The first-order valence-electron chi connectivity index (χ1n) is 3.94. The van der Waals surface area contributed by atoms with Crippen LogP contribution in [-0.2, 0) is 0 Å². The van der Waals surface area contributed by atoms with Gasteiger partial charge in [-0.15, -0.1) is 6.42 Å². The molecule has 0 spiro atoms. The Morgan fingerprint density at radius 2 is 2.00 bits per heavy atom. The van der Waals surface area contributed by atoms with Crippen LogP contribution in [0.15, 0.2) is 24.3 Å². The minimum absolute atomic E-state index is 1.12. The molecule has 0 bridgehead atoms. The Kier molecular flexibility index (Phi) is 2.71. The fourth-order valence-electron chi connectivity index (χ4n) is 1.17. The van der Waals surface area contributed by atoms with E-state index >= 15 is 0 Å². The van der Waals surface area contributed by atoms with Crippen LogP contribution in [0.3, 0.4) is 0 Å². The van der Waals surface area contributed by atoms with Crippen molar-refractivity contribution in [3.05, 3.63) is 34.7 Å². The van der Waals surface area contributed by atoms with E-state index in [1.54, 1.807) is 6.08 Å². The summed E-state index contributed by atoms with van der Waals surface area (Å²) >= 11 is 0. The molecule has 0 saturated carbocycles. The zero-order valence-corrected chi connectivity index (χ0v) is 7.46. The summed E-state index contributed by atoms with van der Waals surface area (Å²) in [6, 6.07) is 8.13. The second-order valence-corrected chi connectivity index (χ2v) is 2.90. The normalized spacial score (nSPS) is 10.9. The monoisotopic (exact) mass is 156 g/mol. The topological polar surface area (TPSA) is 0 Å². The molecule has 1 aromatic rings. The van der Waals surface area contributed by atoms with E-state index in [1.807, 2.05) is 18.2 Å². The Bertz CT molecular complexity index is 412. The largest absolute Gasteiger partial charge is 0.115 e. The van der Waals surface area contributed by atoms with Crippen LogP contribution < -0.4 is 10.4 Å². The maximum atomic E-state index is 5.21. The van der Waals surface area contributed by atoms with E-state index in [9.17, 15) is 0 Å². The molecule has 0 amide bonds. The molecule has 0 saturated heterocycles. The number of rotatable bonds is 0. The van der Waals surface area contributed by atoms with Gasteiger partial charge in [-0.25, -0.2) is 0 Å². The van der Waals surface area contributed by atoms with Gasteiger partial charge in [-0.1, -0.05) is 35.8 Å². The summed E-state index contributed by atoms with van der Waals surface area (Å²) in [7, 11) is 0. The maximum Gasteiger partial charge on any atom is -0.00430 e. The standard InChI is InChI=1S/C12H12/c1-4-7-11-8-5-6-9-12(11)10(2)3/h1,5-9H,2-3H3/b11-7-. The Hall–Kier alpha value is -1.48. The molecule has 0 aliphatic heterocycles. The molecule has 0 heterocycles. The molecule has 60 valence electrons. The van der Waals surface area contributed by atoms with Crippen LogP contribution in [0.25, 0.3) is 11.6 Å². The number of hydrogen-bond acceptors (Lipinski definition) is 0. The van der Waals surface area contributed by atoms with E-state index in [1.165, 1.54) is 10.8 Å². The molecule has 0 atom stereocenters. The second kappa shape index (κ2) is 3.78. The van der Waals surface area contributed by atoms with E-state index < -0.39 is 0 Å². The Morgan fingerprint density at radius 3 is 2.58 bits per heavy atom. The molecule has 0 nitrogen and oxygen atoms in total. The quantitative estimate of drug-likeness (QED) is 0.496. The molecule has 0 aliphatic carbocycles. The molecular weight excluding hydrogens is 144 g/mol. The maximum absolute atomic E-state index is 5.21. The molecule has 0 aliphatic rings. The highest BCUT2D eigenvalue weighted by Crippen LogP contribution is 1.82. The highest BCUT2D eigenvalue weighted by molar-refractivity contribution is 5.47. The van der Waals surface area contributed by atoms with Crippen LogP contribution in [0.4, 0.5) is 0 Å². The van der Waals surface area contributed by atoms with Crippen molar-refractivity contribution in [3.63, 3.8) is 0 Å². The van der Waals surface area contributed by atoms with Gasteiger partial charge in [0.15, 0.2) is 0 Å². The van der Waals surface area contributed by atoms with Gasteiger partial charge in [0.25, 0.3) is 0 Å². The van der Waals surface area contributed by atoms with Gasteiger partial charge < -0.3 is 0 Å². The van der Waals surface area contributed by atoms with Gasteiger partial charge in [0.1, 0.15) is 0 Å². The Labute approximate surface area is 73.2 Å². The predicted octanol–water partition coefficient (Wildman–Crippen LogP) is 1.29. The lowest BCUT2D eigenvalue weighted by Gasteiger charge is -1.91. The summed E-state index contributed by atoms with van der Waals surface area (Å²) in [6.45, 7) is 4.17. The zero-order valence-electron chi connectivity index (χ0n) is 7.46. The molecule has 0 radical (unpaired) electrons. The van der Waals surface area contributed by atoms with E-state index in [0.29, 0.717) is 0 Å². The molecule has 0 fully saturated rings. The smallest absolute Gasteiger partial charge is 0.00430 e. The molecule has 12 heavy (non-hydrogen) atoms. The van der Waals surface area contributed by atoms with E-state index in [-0.39, 0.29) is 0 Å². The average molecular weight is 156 g/mol. The third-order valence-electron chi connectivity index (χ3n) is 1.74. The third-order valence-corrected chi connectivity index (χ3v) is 1.74. The fraction of sp³-hybridized carbons (Fsp3) is 0.167. The van der Waals surface area contributed by atoms with Gasteiger partial charge in [-0.05, 0) is 30.4 Å². The predicted molar refractivity (Wildman–Crippen MR) is 53.7 cm³/mol. The van der Waals surface area contributed by atoms with E-state index in [0.717, 1.165) is 5.22 Å². The summed E-state index contributed by atoms with van der Waals surface area (Å²) in [5, 5.41) is 2.36. The van der Waals surface area contributed by atoms with Crippen molar-refractivity contribution in [2.75, 3.05) is 0 Å². The van der Waals surface area contributed by atoms with Crippen molar-refractivity contribution >= 4 is 11.6 Å². The average Bonchev–Trinajstić information content (AvgIpc) is 2.05. The fourth-order valence-corrected chi connectivity index (χ4v) is 1.17. The van der Waals surface area contributed by atoms with Crippen molar-refractivity contribution in [3.8, 4) is 12.3 Å². The van der Waals surface area contributed by atoms with Crippen LogP contribution in [-0.4, -0.2) is 0 Å². The first-order valence-corrected chi connectivity index (χ1v) is 3.94. The number of terminal acetylenes is 1. The highest BCUT2D eigenvalue weighted by Gasteiger charge is 1.84. The van der Waals surface area contributed by atoms with Gasteiger partial charge in [-0.3, -0.25) is 0 Å². The lowest BCUT2D eigenvalue weighted by Crippen LogP contribution is -2.24. The molecule has 0 aromatic heterocycles. The minimum Gasteiger partial charge on any atom is -0.115 e. The molecular formula is C12H12. The van der Waals surface area contributed by atoms with Crippen LogP contribution in [0.2, 0.25) is 0 Å². The minimum atomic E-state index is 1.12. The molecule has 0 N–H and O–H groups in total. The van der Waals surface area contributed by atoms with Crippen molar-refractivity contribution in [1.29, 1.82) is 0 Å². The lowest BCUT2D eigenvalue weighted by molar-refractivity contribution is 1.44. The van der Waals surface area contributed by atoms with Crippen molar-refractivity contribution in [2.45, 2.75) is 13.8 Å². The lowest BCUT2D eigenvalue weighted by atomic mass is 10.1. The van der Waals surface area contributed by atoms with Crippen molar-refractivity contribution in [1.82, 2.24) is 0 Å². The SMILES string of the molecule is C#C/C=c1/ccccc1=C(C)C. The summed E-state index contributed by atoms with van der Waals surface area (Å²) in [5.41, 5.74) is 1.29. The molecule has 0 heteroatoms. The number of hydrogen-bond donors (Lipinski definition) is 0.